The summed E-state index contributed by atoms with van der Waals surface area (Å²) in [6.45, 7) is 1.50. The Kier molecular flexibility index (Phi) is 5.01. The fraction of sp³-hybridized carbons (Fsp3) is 0.667. The minimum absolute atomic E-state index is 0.602. The molecule has 0 aliphatic heterocycles. The maximum absolute atomic E-state index is 5.10. The summed E-state index contributed by atoms with van der Waals surface area (Å²) in [5, 5.41) is 2.01. The van der Waals surface area contributed by atoms with E-state index in [2.05, 4.69) is 25.8 Å². The van der Waals surface area contributed by atoms with E-state index in [0.717, 1.165) is 22.6 Å². The Labute approximate surface area is 97.2 Å². The van der Waals surface area contributed by atoms with Crippen molar-refractivity contribution in [2.24, 2.45) is 0 Å². The highest BCUT2D eigenvalue weighted by Gasteiger charge is 2.10. The average Bonchev–Trinajstić information content (AvgIpc) is 2.47. The lowest BCUT2D eigenvalue weighted by Crippen LogP contribution is -2.10. The van der Waals surface area contributed by atoms with Crippen LogP contribution in [-0.4, -0.2) is 31.1 Å². The number of halogens is 1. The first-order chi connectivity index (χ1) is 6.67. The normalized spacial score (nSPS) is 11.2. The van der Waals surface area contributed by atoms with Crippen molar-refractivity contribution in [3.8, 4) is 0 Å². The molecule has 0 atom stereocenters. The van der Waals surface area contributed by atoms with Crippen LogP contribution in [-0.2, 0) is 23.2 Å². The fourth-order valence-electron chi connectivity index (χ4n) is 1.13. The summed E-state index contributed by atoms with van der Waals surface area (Å²) in [6, 6.07) is 0. The van der Waals surface area contributed by atoms with Gasteiger partial charge in [-0.05, 0) is 14.1 Å². The third-order valence-corrected chi connectivity index (χ3v) is 3.69. The molecule has 0 bridgehead atoms. The van der Waals surface area contributed by atoms with E-state index in [4.69, 9.17) is 4.74 Å². The second-order valence-electron chi connectivity index (χ2n) is 3.28. The minimum Gasteiger partial charge on any atom is -0.378 e. The van der Waals surface area contributed by atoms with Crippen LogP contribution in [0.4, 0.5) is 0 Å². The van der Waals surface area contributed by atoms with E-state index in [1.54, 1.807) is 18.4 Å². The summed E-state index contributed by atoms with van der Waals surface area (Å²) < 4.78 is 5.10. The zero-order valence-corrected chi connectivity index (χ0v) is 11.1. The number of alkyl halides is 1. The fourth-order valence-corrected chi connectivity index (χ4v) is 2.84. The third kappa shape index (κ3) is 3.31. The lowest BCUT2D eigenvalue weighted by atomic mass is 10.4. The smallest absolute Gasteiger partial charge is 0.107 e. The lowest BCUT2D eigenvalue weighted by molar-refractivity contribution is 0.181. The van der Waals surface area contributed by atoms with Gasteiger partial charge in [-0.3, -0.25) is 0 Å². The topological polar surface area (TPSA) is 25.4 Å². The van der Waals surface area contributed by atoms with Crippen LogP contribution in [0.25, 0.3) is 0 Å². The van der Waals surface area contributed by atoms with Gasteiger partial charge in [-0.15, -0.1) is 11.3 Å². The first-order valence-corrected chi connectivity index (χ1v) is 6.28. The van der Waals surface area contributed by atoms with E-state index in [1.807, 2.05) is 14.1 Å². The molecule has 0 N–H and O–H groups in total. The molecule has 0 spiro atoms. The van der Waals surface area contributed by atoms with Crippen LogP contribution in [0.2, 0.25) is 0 Å². The van der Waals surface area contributed by atoms with Crippen molar-refractivity contribution in [1.82, 2.24) is 9.88 Å². The number of aromatic nitrogens is 1. The Morgan fingerprint density at radius 1 is 1.50 bits per heavy atom. The van der Waals surface area contributed by atoms with E-state index in [1.165, 1.54) is 4.88 Å². The summed E-state index contributed by atoms with van der Waals surface area (Å²) in [7, 11) is 5.79. The SMILES string of the molecule is COCc1nc(CN(C)C)sc1CBr. The van der Waals surface area contributed by atoms with Gasteiger partial charge in [0.05, 0.1) is 12.3 Å². The van der Waals surface area contributed by atoms with Gasteiger partial charge in [0.2, 0.25) is 0 Å². The van der Waals surface area contributed by atoms with Crippen LogP contribution in [0, 0.1) is 0 Å². The van der Waals surface area contributed by atoms with Gasteiger partial charge in [-0.25, -0.2) is 4.98 Å². The van der Waals surface area contributed by atoms with Gasteiger partial charge in [0.1, 0.15) is 5.01 Å². The minimum atomic E-state index is 0.602. The zero-order chi connectivity index (χ0) is 10.6. The monoisotopic (exact) mass is 278 g/mol. The maximum Gasteiger partial charge on any atom is 0.107 e. The standard InChI is InChI=1S/C9H15BrN2OS/c1-12(2)5-9-11-7(6-13-3)8(4-10)14-9/h4-6H2,1-3H3. The summed E-state index contributed by atoms with van der Waals surface area (Å²) in [4.78, 5) is 7.92. The van der Waals surface area contributed by atoms with Gasteiger partial charge in [0.25, 0.3) is 0 Å². The van der Waals surface area contributed by atoms with Gasteiger partial charge < -0.3 is 9.64 Å². The van der Waals surface area contributed by atoms with Gasteiger partial charge in [-0.1, -0.05) is 15.9 Å². The van der Waals surface area contributed by atoms with Crippen LogP contribution < -0.4 is 0 Å². The van der Waals surface area contributed by atoms with Crippen molar-refractivity contribution in [3.63, 3.8) is 0 Å². The quantitative estimate of drug-likeness (QED) is 0.773. The van der Waals surface area contributed by atoms with Gasteiger partial charge >= 0.3 is 0 Å². The Morgan fingerprint density at radius 2 is 2.21 bits per heavy atom. The van der Waals surface area contributed by atoms with Crippen molar-refractivity contribution in [2.45, 2.75) is 18.5 Å². The highest BCUT2D eigenvalue weighted by Crippen LogP contribution is 2.22. The largest absolute Gasteiger partial charge is 0.378 e. The van der Waals surface area contributed by atoms with E-state index >= 15 is 0 Å². The number of thiazole rings is 1. The second kappa shape index (κ2) is 5.80. The highest BCUT2D eigenvalue weighted by atomic mass is 79.9. The summed E-state index contributed by atoms with van der Waals surface area (Å²) in [6.07, 6.45) is 0. The first-order valence-electron chi connectivity index (χ1n) is 4.34. The van der Waals surface area contributed by atoms with E-state index in [-0.39, 0.29) is 0 Å². The van der Waals surface area contributed by atoms with Gasteiger partial charge in [0.15, 0.2) is 0 Å². The Morgan fingerprint density at radius 3 is 2.71 bits per heavy atom. The van der Waals surface area contributed by atoms with Crippen LogP contribution in [0.3, 0.4) is 0 Å². The molecule has 0 fully saturated rings. The molecule has 0 saturated carbocycles. The van der Waals surface area contributed by atoms with Crippen molar-refractivity contribution in [2.75, 3.05) is 21.2 Å². The molecule has 1 heterocycles. The number of methoxy groups -OCH3 is 1. The van der Waals surface area contributed by atoms with E-state index < -0.39 is 0 Å². The van der Waals surface area contributed by atoms with Crippen molar-refractivity contribution < 1.29 is 4.74 Å². The predicted molar refractivity (Wildman–Crippen MR) is 62.8 cm³/mol. The lowest BCUT2D eigenvalue weighted by Gasteiger charge is -2.04. The molecular weight excluding hydrogens is 264 g/mol. The zero-order valence-electron chi connectivity index (χ0n) is 8.71. The molecule has 1 aromatic rings. The number of ether oxygens (including phenoxy) is 1. The molecule has 5 heteroatoms. The molecule has 1 rings (SSSR count). The molecule has 14 heavy (non-hydrogen) atoms. The molecule has 0 unspecified atom stereocenters. The summed E-state index contributed by atoms with van der Waals surface area (Å²) >= 11 is 5.21. The average molecular weight is 279 g/mol. The number of hydrogen-bond donors (Lipinski definition) is 0. The molecule has 0 amide bonds. The summed E-state index contributed by atoms with van der Waals surface area (Å²) in [5.41, 5.74) is 1.06. The maximum atomic E-state index is 5.10. The van der Waals surface area contributed by atoms with E-state index in [0.29, 0.717) is 6.61 Å². The Bertz CT molecular complexity index is 288. The van der Waals surface area contributed by atoms with Crippen molar-refractivity contribution >= 4 is 27.3 Å². The van der Waals surface area contributed by atoms with Crippen LogP contribution in [0.5, 0.6) is 0 Å². The second-order valence-corrected chi connectivity index (χ2v) is 5.01. The summed E-state index contributed by atoms with van der Waals surface area (Å²) in [5.74, 6) is 0. The molecule has 0 saturated heterocycles. The van der Waals surface area contributed by atoms with Gasteiger partial charge in [0, 0.05) is 23.9 Å². The molecule has 80 valence electrons. The van der Waals surface area contributed by atoms with Crippen LogP contribution in [0.15, 0.2) is 0 Å². The molecule has 1 aromatic heterocycles. The highest BCUT2D eigenvalue weighted by molar-refractivity contribution is 9.08. The number of rotatable bonds is 5. The third-order valence-electron chi connectivity index (χ3n) is 1.68. The predicted octanol–water partition coefficient (Wildman–Crippen LogP) is 2.25. The molecule has 0 aliphatic rings. The number of nitrogens with zero attached hydrogens (tertiary/aromatic N) is 2. The number of hydrogen-bond acceptors (Lipinski definition) is 4. The van der Waals surface area contributed by atoms with Crippen LogP contribution in [0.1, 0.15) is 15.6 Å². The van der Waals surface area contributed by atoms with Crippen molar-refractivity contribution in [3.05, 3.63) is 15.6 Å². The molecule has 3 nitrogen and oxygen atoms in total. The molecule has 0 aromatic carbocycles. The Balaban J connectivity index is 2.77. The van der Waals surface area contributed by atoms with Gasteiger partial charge in [-0.2, -0.15) is 0 Å². The first kappa shape index (κ1) is 12.1. The van der Waals surface area contributed by atoms with Crippen LogP contribution >= 0.6 is 27.3 Å². The van der Waals surface area contributed by atoms with Crippen molar-refractivity contribution in [1.29, 1.82) is 0 Å². The molecule has 0 radical (unpaired) electrons. The molecule has 0 aliphatic carbocycles. The molecular formula is C9H15BrN2OS. The van der Waals surface area contributed by atoms with E-state index in [9.17, 15) is 0 Å². The Hall–Kier alpha value is 0.0300.